The second-order valence-corrected chi connectivity index (χ2v) is 7.77. The average Bonchev–Trinajstić information content (AvgIpc) is 3.05. The van der Waals surface area contributed by atoms with Crippen molar-refractivity contribution in [2.24, 2.45) is 0 Å². The summed E-state index contributed by atoms with van der Waals surface area (Å²) in [6.07, 6.45) is 0. The van der Waals surface area contributed by atoms with Crippen molar-refractivity contribution < 1.29 is 19.1 Å². The van der Waals surface area contributed by atoms with Crippen LogP contribution >= 0.6 is 0 Å². The van der Waals surface area contributed by atoms with Crippen molar-refractivity contribution in [1.29, 1.82) is 0 Å². The summed E-state index contributed by atoms with van der Waals surface area (Å²) in [5.74, 6) is 0.444. The van der Waals surface area contributed by atoms with Crippen LogP contribution in [0.5, 0.6) is 11.5 Å². The highest BCUT2D eigenvalue weighted by Gasteiger charge is 2.41. The van der Waals surface area contributed by atoms with Gasteiger partial charge in [-0.2, -0.15) is 0 Å². The van der Waals surface area contributed by atoms with Crippen LogP contribution in [0.15, 0.2) is 72.4 Å². The monoisotopic (exact) mass is 442 g/mol. The van der Waals surface area contributed by atoms with Gasteiger partial charge in [-0.05, 0) is 68.3 Å². The van der Waals surface area contributed by atoms with Gasteiger partial charge in [-0.25, -0.2) is 4.90 Å². The predicted molar refractivity (Wildman–Crippen MR) is 130 cm³/mol. The molecule has 3 aromatic rings. The molecule has 2 amide bonds. The van der Waals surface area contributed by atoms with Crippen LogP contribution in [0.1, 0.15) is 23.6 Å². The van der Waals surface area contributed by atoms with Crippen LogP contribution in [-0.2, 0) is 9.59 Å². The second-order valence-electron chi connectivity index (χ2n) is 7.77. The number of anilines is 2. The van der Waals surface area contributed by atoms with Gasteiger partial charge < -0.3 is 14.8 Å². The number of hydrogen-bond acceptors (Lipinski definition) is 5. The quantitative estimate of drug-likeness (QED) is 0.515. The zero-order chi connectivity index (χ0) is 23.5. The highest BCUT2D eigenvalue weighted by Crippen LogP contribution is 2.37. The molecule has 0 radical (unpaired) electrons. The van der Waals surface area contributed by atoms with Gasteiger partial charge in [0.2, 0.25) is 0 Å². The third-order valence-corrected chi connectivity index (χ3v) is 5.51. The zero-order valence-electron chi connectivity index (χ0n) is 19.1. The van der Waals surface area contributed by atoms with E-state index in [4.69, 9.17) is 9.47 Å². The highest BCUT2D eigenvalue weighted by atomic mass is 16.5. The average molecular weight is 443 g/mol. The molecule has 1 aliphatic rings. The molecule has 1 aliphatic heterocycles. The van der Waals surface area contributed by atoms with Crippen molar-refractivity contribution in [3.05, 3.63) is 89.1 Å². The lowest BCUT2D eigenvalue weighted by atomic mass is 9.97. The van der Waals surface area contributed by atoms with Gasteiger partial charge in [0.1, 0.15) is 17.2 Å². The van der Waals surface area contributed by atoms with Gasteiger partial charge >= 0.3 is 0 Å². The van der Waals surface area contributed by atoms with Crippen LogP contribution < -0.4 is 19.7 Å². The number of nitrogens with zero attached hydrogens (tertiary/aromatic N) is 1. The number of rotatable bonds is 7. The summed E-state index contributed by atoms with van der Waals surface area (Å²) in [5.41, 5.74) is 4.36. The lowest BCUT2D eigenvalue weighted by Gasteiger charge is -2.16. The van der Waals surface area contributed by atoms with Crippen LogP contribution in [-0.4, -0.2) is 25.5 Å². The van der Waals surface area contributed by atoms with E-state index in [1.807, 2.05) is 63.2 Å². The Hall–Kier alpha value is -4.06. The molecular weight excluding hydrogens is 416 g/mol. The molecule has 1 N–H and O–H groups in total. The number of amides is 2. The number of aryl methyl sites for hydroxylation is 2. The molecule has 6 nitrogen and oxygen atoms in total. The number of methoxy groups -OCH3 is 1. The maximum atomic E-state index is 13.7. The van der Waals surface area contributed by atoms with E-state index in [0.29, 0.717) is 40.6 Å². The van der Waals surface area contributed by atoms with E-state index >= 15 is 0 Å². The van der Waals surface area contributed by atoms with Crippen molar-refractivity contribution in [1.82, 2.24) is 0 Å². The maximum absolute atomic E-state index is 13.7. The van der Waals surface area contributed by atoms with Crippen LogP contribution in [0.2, 0.25) is 0 Å². The van der Waals surface area contributed by atoms with Gasteiger partial charge in [0.05, 0.1) is 30.7 Å². The fraction of sp³-hybridized carbons (Fsp3) is 0.185. The first kappa shape index (κ1) is 22.1. The van der Waals surface area contributed by atoms with Gasteiger partial charge in [0.25, 0.3) is 11.8 Å². The minimum Gasteiger partial charge on any atom is -0.497 e. The molecule has 1 heterocycles. The maximum Gasteiger partial charge on any atom is 0.282 e. The summed E-state index contributed by atoms with van der Waals surface area (Å²) < 4.78 is 10.9. The number of imide groups is 1. The molecule has 0 saturated carbocycles. The summed E-state index contributed by atoms with van der Waals surface area (Å²) in [6.45, 7) is 6.31. The number of nitrogens with one attached hydrogen (secondary N) is 1. The zero-order valence-corrected chi connectivity index (χ0v) is 19.1. The van der Waals surface area contributed by atoms with E-state index in [2.05, 4.69) is 5.32 Å². The molecule has 0 atom stereocenters. The van der Waals surface area contributed by atoms with Crippen LogP contribution in [0.25, 0.3) is 5.57 Å². The molecule has 3 aromatic carbocycles. The van der Waals surface area contributed by atoms with E-state index < -0.39 is 5.91 Å². The van der Waals surface area contributed by atoms with Crippen LogP contribution in [0.4, 0.5) is 11.4 Å². The smallest absolute Gasteiger partial charge is 0.282 e. The van der Waals surface area contributed by atoms with Crippen molar-refractivity contribution in [3.8, 4) is 11.5 Å². The Labute approximate surface area is 193 Å². The molecular formula is C27H26N2O4. The van der Waals surface area contributed by atoms with Gasteiger partial charge in [-0.3, -0.25) is 9.59 Å². The largest absolute Gasteiger partial charge is 0.497 e. The number of hydrogen-bond donors (Lipinski definition) is 1. The Morgan fingerprint density at radius 3 is 2.30 bits per heavy atom. The van der Waals surface area contributed by atoms with E-state index in [0.717, 1.165) is 11.1 Å². The van der Waals surface area contributed by atoms with Crippen molar-refractivity contribution in [2.45, 2.75) is 20.8 Å². The summed E-state index contributed by atoms with van der Waals surface area (Å²) in [6, 6.07) is 20.0. The van der Waals surface area contributed by atoms with Crippen molar-refractivity contribution >= 4 is 28.8 Å². The molecule has 33 heavy (non-hydrogen) atoms. The molecule has 0 unspecified atom stereocenters. The summed E-state index contributed by atoms with van der Waals surface area (Å²) in [7, 11) is 1.57. The molecule has 0 aliphatic carbocycles. The summed E-state index contributed by atoms with van der Waals surface area (Å²) in [5, 5.41) is 3.21. The normalized spacial score (nSPS) is 13.5. The number of benzene rings is 3. The molecule has 0 bridgehead atoms. The minimum atomic E-state index is -0.425. The molecule has 0 aromatic heterocycles. The van der Waals surface area contributed by atoms with E-state index in [9.17, 15) is 9.59 Å². The Morgan fingerprint density at radius 1 is 0.909 bits per heavy atom. The van der Waals surface area contributed by atoms with Gasteiger partial charge in [0, 0.05) is 0 Å². The number of carbonyl (C=O) groups excluding carboxylic acids is 2. The Morgan fingerprint density at radius 2 is 1.64 bits per heavy atom. The first-order chi connectivity index (χ1) is 15.9. The van der Waals surface area contributed by atoms with Gasteiger partial charge in [0.15, 0.2) is 0 Å². The molecule has 6 heteroatoms. The van der Waals surface area contributed by atoms with E-state index in [1.54, 1.807) is 31.4 Å². The second kappa shape index (κ2) is 9.20. The number of ether oxygens (including phenoxy) is 2. The minimum absolute atomic E-state index is 0.218. The fourth-order valence-corrected chi connectivity index (χ4v) is 3.94. The lowest BCUT2D eigenvalue weighted by molar-refractivity contribution is -0.120. The van der Waals surface area contributed by atoms with Crippen LogP contribution in [0, 0.1) is 13.8 Å². The SMILES string of the molecule is CCOc1ccccc1NC1=C(c2ccc(C)cc2C)C(=O)N(c2ccc(OC)cc2)C1=O. The predicted octanol–water partition coefficient (Wildman–Crippen LogP) is 5.11. The standard InChI is InChI=1S/C27H26N2O4/c1-5-33-23-9-7-6-8-22(23)28-25-24(21-15-10-17(2)16-18(21)3)26(30)29(27(25)31)19-11-13-20(32-4)14-12-19/h6-16,28H,5H2,1-4H3. The third kappa shape index (κ3) is 4.20. The number of para-hydroxylation sites is 2. The van der Waals surface area contributed by atoms with E-state index in [-0.39, 0.29) is 11.6 Å². The lowest BCUT2D eigenvalue weighted by Crippen LogP contribution is -2.32. The first-order valence-corrected chi connectivity index (χ1v) is 10.8. The molecule has 168 valence electrons. The Bertz CT molecular complexity index is 1250. The summed E-state index contributed by atoms with van der Waals surface area (Å²) in [4.78, 5) is 28.5. The van der Waals surface area contributed by atoms with Crippen molar-refractivity contribution in [2.75, 3.05) is 23.9 Å². The first-order valence-electron chi connectivity index (χ1n) is 10.8. The van der Waals surface area contributed by atoms with Gasteiger partial charge in [-0.1, -0.05) is 35.9 Å². The third-order valence-electron chi connectivity index (χ3n) is 5.51. The molecule has 0 fully saturated rings. The van der Waals surface area contributed by atoms with E-state index in [1.165, 1.54) is 4.90 Å². The molecule has 0 saturated heterocycles. The summed E-state index contributed by atoms with van der Waals surface area (Å²) >= 11 is 0. The molecule has 4 rings (SSSR count). The Kier molecular flexibility index (Phi) is 6.18. The molecule has 0 spiro atoms. The number of carbonyl (C=O) groups is 2. The fourth-order valence-electron chi connectivity index (χ4n) is 3.94. The van der Waals surface area contributed by atoms with Crippen molar-refractivity contribution in [3.63, 3.8) is 0 Å². The van der Waals surface area contributed by atoms with Gasteiger partial charge in [-0.15, -0.1) is 0 Å². The Balaban J connectivity index is 1.84. The topological polar surface area (TPSA) is 67.9 Å². The highest BCUT2D eigenvalue weighted by molar-refractivity contribution is 6.46. The van der Waals surface area contributed by atoms with Crippen LogP contribution in [0.3, 0.4) is 0 Å².